The van der Waals surface area contributed by atoms with Gasteiger partial charge in [0.2, 0.25) is 5.91 Å². The third kappa shape index (κ3) is 45.7. The fourth-order valence-electron chi connectivity index (χ4n) is 7.02. The van der Waals surface area contributed by atoms with E-state index in [1.165, 1.54) is 180 Å². The van der Waals surface area contributed by atoms with Gasteiger partial charge in [-0.25, -0.2) is 4.57 Å². The van der Waals surface area contributed by atoms with Gasteiger partial charge >= 0.3 is 13.8 Å². The maximum absolute atomic E-state index is 12.1. The van der Waals surface area contributed by atoms with Crippen LogP contribution in [0.5, 0.6) is 0 Å². The molecule has 0 saturated carbocycles. The highest BCUT2D eigenvalue weighted by Crippen LogP contribution is 2.42. The zero-order valence-electron chi connectivity index (χ0n) is 37.3. The van der Waals surface area contributed by atoms with E-state index in [0.29, 0.717) is 6.42 Å². The molecule has 2 atom stereocenters. The first-order valence-electron chi connectivity index (χ1n) is 24.2. The molecular formula is C47H92NO8P. The van der Waals surface area contributed by atoms with Crippen LogP contribution in [0.15, 0.2) is 12.2 Å². The van der Waals surface area contributed by atoms with Gasteiger partial charge in [-0.15, -0.1) is 0 Å². The van der Waals surface area contributed by atoms with Crippen molar-refractivity contribution in [2.24, 2.45) is 0 Å². The van der Waals surface area contributed by atoms with Crippen LogP contribution in [0.4, 0.5) is 0 Å². The van der Waals surface area contributed by atoms with Crippen molar-refractivity contribution in [3.05, 3.63) is 12.2 Å². The molecule has 3 N–H and O–H groups in total. The van der Waals surface area contributed by atoms with Crippen LogP contribution in [0.25, 0.3) is 0 Å². The molecule has 0 aromatic rings. The lowest BCUT2D eigenvalue weighted by Gasteiger charge is -2.15. The number of carbonyl (C=O) groups excluding carboxylic acids is 2. The quantitative estimate of drug-likeness (QED) is 0.0239. The van der Waals surface area contributed by atoms with Crippen molar-refractivity contribution in [3.63, 3.8) is 0 Å². The van der Waals surface area contributed by atoms with Crippen LogP contribution in [0.2, 0.25) is 0 Å². The van der Waals surface area contributed by atoms with Gasteiger partial charge < -0.3 is 20.1 Å². The van der Waals surface area contributed by atoms with Crippen LogP contribution >= 0.6 is 7.82 Å². The summed E-state index contributed by atoms with van der Waals surface area (Å²) in [5.74, 6) is -0.505. The lowest BCUT2D eigenvalue weighted by Crippen LogP contribution is -2.27. The number of hydrogen-bond acceptors (Lipinski definition) is 7. The summed E-state index contributed by atoms with van der Waals surface area (Å²) in [4.78, 5) is 34.0. The van der Waals surface area contributed by atoms with Crippen LogP contribution in [0.3, 0.4) is 0 Å². The number of nitrogens with one attached hydrogen (secondary N) is 1. The fourth-order valence-corrected chi connectivity index (χ4v) is 7.78. The van der Waals surface area contributed by atoms with Gasteiger partial charge in [0.25, 0.3) is 0 Å². The standard InChI is InChI=1S/C47H92NO8P/c1-3-5-7-9-11-13-15-17-18-19-20-21-22-23-24-25-26-28-30-32-34-36-38-40-47(51)54-43-45(49)44-56-57(52,53)55-42-41-48-46(50)39-37-35-33-31-29-27-16-14-12-10-8-6-4-2/h17-18,45,49H,3-16,19-44H2,1-2H3,(H,48,50)(H,52,53)/b18-17+. The van der Waals surface area contributed by atoms with Crippen molar-refractivity contribution >= 4 is 19.7 Å². The molecule has 0 spiro atoms. The van der Waals surface area contributed by atoms with Crippen molar-refractivity contribution in [3.8, 4) is 0 Å². The number of hydrogen-bond donors (Lipinski definition) is 3. The lowest BCUT2D eigenvalue weighted by molar-refractivity contribution is -0.147. The summed E-state index contributed by atoms with van der Waals surface area (Å²) >= 11 is 0. The monoisotopic (exact) mass is 830 g/mol. The Morgan fingerprint density at radius 1 is 0.526 bits per heavy atom. The number of carbonyl (C=O) groups is 2. The zero-order valence-corrected chi connectivity index (χ0v) is 38.2. The number of rotatable bonds is 46. The predicted molar refractivity (Wildman–Crippen MR) is 238 cm³/mol. The summed E-state index contributed by atoms with van der Waals surface area (Å²) in [5.41, 5.74) is 0. The smallest absolute Gasteiger partial charge is 0.463 e. The number of ether oxygens (including phenoxy) is 1. The largest absolute Gasteiger partial charge is 0.472 e. The normalized spacial score (nSPS) is 13.3. The molecule has 0 aliphatic heterocycles. The van der Waals surface area contributed by atoms with Crippen molar-refractivity contribution < 1.29 is 37.9 Å². The zero-order chi connectivity index (χ0) is 41.8. The van der Waals surface area contributed by atoms with E-state index < -0.39 is 26.5 Å². The number of esters is 1. The molecule has 57 heavy (non-hydrogen) atoms. The summed E-state index contributed by atoms with van der Waals surface area (Å²) in [7, 11) is -4.41. The second-order valence-corrected chi connectivity index (χ2v) is 17.9. The summed E-state index contributed by atoms with van der Waals surface area (Å²) in [5, 5.41) is 12.7. The Balaban J connectivity index is 3.52. The van der Waals surface area contributed by atoms with Crippen LogP contribution < -0.4 is 5.32 Å². The molecule has 0 aliphatic carbocycles. The first-order chi connectivity index (χ1) is 27.8. The molecule has 0 bridgehead atoms. The van der Waals surface area contributed by atoms with Gasteiger partial charge in [-0.05, 0) is 38.5 Å². The molecule has 0 aliphatic rings. The Morgan fingerprint density at radius 2 is 0.895 bits per heavy atom. The third-order valence-electron chi connectivity index (χ3n) is 10.7. The number of phosphoric acid groups is 1. The Hall–Kier alpha value is -1.25. The minimum Gasteiger partial charge on any atom is -0.463 e. The lowest BCUT2D eigenvalue weighted by atomic mass is 10.0. The van der Waals surface area contributed by atoms with Gasteiger partial charge in [-0.3, -0.25) is 18.6 Å². The number of unbranched alkanes of at least 4 members (excludes halogenated alkanes) is 31. The van der Waals surface area contributed by atoms with E-state index >= 15 is 0 Å². The Labute approximate surface area is 351 Å². The molecule has 10 heteroatoms. The number of aliphatic hydroxyl groups is 1. The Morgan fingerprint density at radius 3 is 1.32 bits per heavy atom. The van der Waals surface area contributed by atoms with Gasteiger partial charge in [0.05, 0.1) is 13.2 Å². The van der Waals surface area contributed by atoms with Crippen molar-refractivity contribution in [1.82, 2.24) is 5.32 Å². The number of phosphoric ester groups is 1. The highest BCUT2D eigenvalue weighted by Gasteiger charge is 2.23. The molecule has 338 valence electrons. The first-order valence-corrected chi connectivity index (χ1v) is 25.7. The Bertz CT molecular complexity index is 948. The minimum atomic E-state index is -4.41. The molecule has 0 radical (unpaired) electrons. The predicted octanol–water partition coefficient (Wildman–Crippen LogP) is 13.8. The highest BCUT2D eigenvalue weighted by molar-refractivity contribution is 7.47. The van der Waals surface area contributed by atoms with E-state index in [2.05, 4.69) is 31.3 Å². The number of amides is 1. The maximum Gasteiger partial charge on any atom is 0.472 e. The summed E-state index contributed by atoms with van der Waals surface area (Å²) in [6.07, 6.45) is 47.2. The molecule has 2 unspecified atom stereocenters. The van der Waals surface area contributed by atoms with E-state index in [0.717, 1.165) is 38.5 Å². The average Bonchev–Trinajstić information content (AvgIpc) is 3.20. The molecule has 0 heterocycles. The molecule has 0 aromatic carbocycles. The Kier molecular flexibility index (Phi) is 43.3. The summed E-state index contributed by atoms with van der Waals surface area (Å²) in [6.45, 7) is 3.59. The molecule has 1 amide bonds. The molecule has 0 saturated heterocycles. The minimum absolute atomic E-state index is 0.0868. The van der Waals surface area contributed by atoms with Gasteiger partial charge in [0.15, 0.2) is 0 Å². The van der Waals surface area contributed by atoms with Crippen molar-refractivity contribution in [1.29, 1.82) is 0 Å². The topological polar surface area (TPSA) is 131 Å². The van der Waals surface area contributed by atoms with Gasteiger partial charge in [0.1, 0.15) is 12.7 Å². The van der Waals surface area contributed by atoms with E-state index in [4.69, 9.17) is 13.8 Å². The molecule has 0 rings (SSSR count). The maximum atomic E-state index is 12.1. The van der Waals surface area contributed by atoms with Crippen molar-refractivity contribution in [2.45, 2.75) is 251 Å². The second-order valence-electron chi connectivity index (χ2n) is 16.4. The first kappa shape index (κ1) is 55.8. The van der Waals surface area contributed by atoms with E-state index in [-0.39, 0.29) is 32.1 Å². The average molecular weight is 830 g/mol. The van der Waals surface area contributed by atoms with Crippen LogP contribution in [0, 0.1) is 0 Å². The SMILES string of the molecule is CCCCCCCC/C=C/CCCCCCCCCCCCCCCC(=O)OCC(O)COP(=O)(O)OCCNC(=O)CCCCCCCCCCCCCCC. The van der Waals surface area contributed by atoms with E-state index in [1.807, 2.05) is 0 Å². The van der Waals surface area contributed by atoms with Crippen LogP contribution in [-0.2, 0) is 27.9 Å². The number of allylic oxidation sites excluding steroid dienone is 2. The van der Waals surface area contributed by atoms with Crippen LogP contribution in [0.1, 0.15) is 245 Å². The van der Waals surface area contributed by atoms with E-state index in [1.54, 1.807) is 0 Å². The molecular weight excluding hydrogens is 737 g/mol. The second kappa shape index (κ2) is 44.3. The van der Waals surface area contributed by atoms with Crippen molar-refractivity contribution in [2.75, 3.05) is 26.4 Å². The summed E-state index contributed by atoms with van der Waals surface area (Å²) in [6, 6.07) is 0. The van der Waals surface area contributed by atoms with Gasteiger partial charge in [0, 0.05) is 19.4 Å². The number of aliphatic hydroxyl groups excluding tert-OH is 1. The van der Waals surface area contributed by atoms with E-state index in [9.17, 15) is 24.2 Å². The molecule has 0 fully saturated rings. The van der Waals surface area contributed by atoms with Gasteiger partial charge in [-0.1, -0.05) is 206 Å². The molecule has 9 nitrogen and oxygen atoms in total. The third-order valence-corrected chi connectivity index (χ3v) is 11.7. The van der Waals surface area contributed by atoms with Crippen LogP contribution in [-0.4, -0.2) is 54.3 Å². The molecule has 0 aromatic heterocycles. The fraction of sp³-hybridized carbons (Fsp3) is 0.915. The highest BCUT2D eigenvalue weighted by atomic mass is 31.2. The summed E-state index contributed by atoms with van der Waals surface area (Å²) < 4.78 is 26.9. The van der Waals surface area contributed by atoms with Gasteiger partial charge in [-0.2, -0.15) is 0 Å².